The average molecular weight is 845 g/mol. The number of anilines is 1. The van der Waals surface area contributed by atoms with E-state index in [0.717, 1.165) is 70.6 Å². The molecule has 1 aliphatic carbocycles. The predicted octanol–water partition coefficient (Wildman–Crippen LogP) is 9.00. The summed E-state index contributed by atoms with van der Waals surface area (Å²) in [5.74, 6) is 0.544. The van der Waals surface area contributed by atoms with E-state index in [1.807, 2.05) is 39.9 Å². The quantitative estimate of drug-likeness (QED) is 0.114. The highest BCUT2D eigenvalue weighted by atomic mass is 16.5. The number of methoxy groups -OCH3 is 1. The van der Waals surface area contributed by atoms with E-state index in [1.54, 1.807) is 7.11 Å². The Kier molecular flexibility index (Phi) is 17.3. The SMILES string of the molecule is COCCOCCNC(=O)CCCCC(=O)N1Cc2ccccc2-c2nnn(Cc3ccc(C[C@@H]4NC5CCCCCCCCCCCCC(C5)C4=O)cc3)c2-c2ccccc21. The molecule has 3 atom stereocenters. The molecule has 2 fully saturated rings. The molecule has 3 aromatic carbocycles. The third-order valence-electron chi connectivity index (χ3n) is 13.0. The molecule has 62 heavy (non-hydrogen) atoms. The topological polar surface area (TPSA) is 128 Å². The first-order valence-corrected chi connectivity index (χ1v) is 23.6. The van der Waals surface area contributed by atoms with E-state index in [1.165, 1.54) is 57.8 Å². The lowest BCUT2D eigenvalue weighted by molar-refractivity contribution is -0.128. The second-order valence-electron chi connectivity index (χ2n) is 17.6. The molecule has 1 aromatic heterocycles. The van der Waals surface area contributed by atoms with Gasteiger partial charge < -0.3 is 25.0 Å². The van der Waals surface area contributed by atoms with Crippen molar-refractivity contribution in [1.82, 2.24) is 25.6 Å². The summed E-state index contributed by atoms with van der Waals surface area (Å²) in [4.78, 5) is 42.3. The molecule has 2 aliphatic heterocycles. The number of amides is 2. The Hall–Kier alpha value is -4.71. The van der Waals surface area contributed by atoms with Crippen molar-refractivity contribution >= 4 is 23.3 Å². The molecule has 2 N–H and O–H groups in total. The molecule has 11 nitrogen and oxygen atoms in total. The van der Waals surface area contributed by atoms with Crippen LogP contribution in [0.3, 0.4) is 0 Å². The molecule has 2 amide bonds. The Morgan fingerprint density at radius 3 is 2.23 bits per heavy atom. The van der Waals surface area contributed by atoms with E-state index in [2.05, 4.69) is 53.1 Å². The minimum Gasteiger partial charge on any atom is -0.382 e. The number of para-hydroxylation sites is 1. The van der Waals surface area contributed by atoms with Crippen LogP contribution in [0.2, 0.25) is 0 Å². The minimum atomic E-state index is -0.140. The van der Waals surface area contributed by atoms with Gasteiger partial charge in [-0.2, -0.15) is 0 Å². The Morgan fingerprint density at radius 1 is 0.774 bits per heavy atom. The van der Waals surface area contributed by atoms with Gasteiger partial charge in [-0.3, -0.25) is 14.4 Å². The van der Waals surface area contributed by atoms with Gasteiger partial charge in [0.1, 0.15) is 5.69 Å². The third-order valence-corrected chi connectivity index (χ3v) is 13.0. The molecular weight excluding hydrogens is 777 g/mol. The Balaban J connectivity index is 1.02. The maximum atomic E-state index is 14.1. The van der Waals surface area contributed by atoms with Crippen LogP contribution in [0.1, 0.15) is 126 Å². The average Bonchev–Trinajstić information content (AvgIpc) is 3.69. The largest absolute Gasteiger partial charge is 0.382 e. The molecule has 332 valence electrons. The van der Waals surface area contributed by atoms with E-state index in [-0.39, 0.29) is 23.8 Å². The maximum absolute atomic E-state index is 14.1. The van der Waals surface area contributed by atoms with Crippen LogP contribution in [-0.4, -0.2) is 78.2 Å². The Labute approximate surface area is 368 Å². The van der Waals surface area contributed by atoms with Crippen molar-refractivity contribution in [2.45, 2.75) is 141 Å². The zero-order chi connectivity index (χ0) is 42.9. The lowest BCUT2D eigenvalue weighted by atomic mass is 9.80. The summed E-state index contributed by atoms with van der Waals surface area (Å²) in [7, 11) is 1.63. The second-order valence-corrected chi connectivity index (χ2v) is 17.6. The minimum absolute atomic E-state index is 0.0104. The number of Topliss-reactive ketones (excluding diaryl/α,β-unsaturated/α-hetero) is 1. The lowest BCUT2D eigenvalue weighted by Crippen LogP contribution is -2.53. The van der Waals surface area contributed by atoms with E-state index in [0.29, 0.717) is 83.4 Å². The Bertz CT molecular complexity index is 2050. The van der Waals surface area contributed by atoms with Gasteiger partial charge in [0.15, 0.2) is 5.78 Å². The van der Waals surface area contributed by atoms with Gasteiger partial charge in [0.25, 0.3) is 0 Å². The van der Waals surface area contributed by atoms with Crippen molar-refractivity contribution in [3.63, 3.8) is 0 Å². The first kappa shape index (κ1) is 45.3. The first-order chi connectivity index (χ1) is 30.5. The molecule has 0 spiro atoms. The van der Waals surface area contributed by atoms with Gasteiger partial charge in [-0.05, 0) is 61.3 Å². The van der Waals surface area contributed by atoms with Crippen LogP contribution in [0.5, 0.6) is 0 Å². The molecule has 4 aromatic rings. The number of unbranched alkanes of at least 4 members (excludes halogenated alkanes) is 1. The van der Waals surface area contributed by atoms with Crippen molar-refractivity contribution in [2.75, 3.05) is 38.4 Å². The van der Waals surface area contributed by atoms with Gasteiger partial charge in [0, 0.05) is 49.6 Å². The summed E-state index contributed by atoms with van der Waals surface area (Å²) in [5.41, 5.74) is 7.59. The monoisotopic (exact) mass is 845 g/mol. The van der Waals surface area contributed by atoms with E-state index < -0.39 is 0 Å². The molecule has 1 saturated carbocycles. The highest BCUT2D eigenvalue weighted by Crippen LogP contribution is 2.41. The number of nitrogens with zero attached hydrogens (tertiary/aromatic N) is 4. The van der Waals surface area contributed by atoms with Gasteiger partial charge in [-0.1, -0.05) is 136 Å². The predicted molar refractivity (Wildman–Crippen MR) is 245 cm³/mol. The number of piperidine rings is 1. The van der Waals surface area contributed by atoms with Crippen LogP contribution in [0.15, 0.2) is 72.8 Å². The highest BCUT2D eigenvalue weighted by Gasteiger charge is 2.35. The highest BCUT2D eigenvalue weighted by molar-refractivity contribution is 6.00. The summed E-state index contributed by atoms with van der Waals surface area (Å²) >= 11 is 0. The van der Waals surface area contributed by atoms with E-state index in [9.17, 15) is 14.4 Å². The number of aromatic nitrogens is 3. The molecule has 0 radical (unpaired) electrons. The molecule has 7 rings (SSSR count). The summed E-state index contributed by atoms with van der Waals surface area (Å²) in [6.07, 6.45) is 18.8. The fraction of sp³-hybridized carbons (Fsp3) is 0.549. The second kappa shape index (κ2) is 23.7. The van der Waals surface area contributed by atoms with Crippen LogP contribution in [-0.2, 0) is 43.4 Å². The van der Waals surface area contributed by atoms with Gasteiger partial charge >= 0.3 is 0 Å². The van der Waals surface area contributed by atoms with Gasteiger partial charge in [0.2, 0.25) is 11.8 Å². The summed E-state index contributed by atoms with van der Waals surface area (Å²) in [6, 6.07) is 25.1. The van der Waals surface area contributed by atoms with Crippen LogP contribution < -0.4 is 15.5 Å². The molecule has 3 aliphatic rings. The number of ether oxygens (including phenoxy) is 2. The van der Waals surface area contributed by atoms with Gasteiger partial charge in [0.05, 0.1) is 50.3 Å². The number of fused-ring (bicyclic) bond motifs is 7. The number of nitrogens with one attached hydrogen (secondary N) is 2. The normalized spacial score (nSPS) is 19.8. The zero-order valence-corrected chi connectivity index (χ0v) is 37.0. The van der Waals surface area contributed by atoms with Crippen molar-refractivity contribution in [3.05, 3.63) is 89.5 Å². The smallest absolute Gasteiger partial charge is 0.227 e. The fourth-order valence-electron chi connectivity index (χ4n) is 9.63. The first-order valence-electron chi connectivity index (χ1n) is 23.6. The Morgan fingerprint density at radius 2 is 1.45 bits per heavy atom. The number of hydrogen-bond acceptors (Lipinski definition) is 8. The number of benzene rings is 3. The van der Waals surface area contributed by atoms with Gasteiger partial charge in [-0.25, -0.2) is 4.68 Å². The number of ketones is 1. The van der Waals surface area contributed by atoms with Crippen molar-refractivity contribution < 1.29 is 23.9 Å². The van der Waals surface area contributed by atoms with Crippen LogP contribution in [0, 0.1) is 5.92 Å². The van der Waals surface area contributed by atoms with E-state index >= 15 is 0 Å². The molecule has 3 heterocycles. The third kappa shape index (κ3) is 12.5. The molecule has 1 saturated heterocycles. The van der Waals surface area contributed by atoms with Crippen molar-refractivity contribution in [1.29, 1.82) is 0 Å². The van der Waals surface area contributed by atoms with E-state index in [4.69, 9.17) is 19.8 Å². The number of rotatable bonds is 15. The van der Waals surface area contributed by atoms with Crippen molar-refractivity contribution in [3.8, 4) is 22.5 Å². The van der Waals surface area contributed by atoms with Crippen molar-refractivity contribution in [2.24, 2.45) is 5.92 Å². The maximum Gasteiger partial charge on any atom is 0.227 e. The van der Waals surface area contributed by atoms with Gasteiger partial charge in [-0.15, -0.1) is 5.10 Å². The van der Waals surface area contributed by atoms with Crippen LogP contribution in [0.4, 0.5) is 5.69 Å². The molecule has 2 bridgehead atoms. The van der Waals surface area contributed by atoms with Crippen LogP contribution >= 0.6 is 0 Å². The fourth-order valence-corrected chi connectivity index (χ4v) is 9.63. The lowest BCUT2D eigenvalue weighted by Gasteiger charge is -2.35. The van der Waals surface area contributed by atoms with Crippen LogP contribution in [0.25, 0.3) is 22.5 Å². The summed E-state index contributed by atoms with van der Waals surface area (Å²) in [5, 5.41) is 16.2. The molecule has 2 unspecified atom stereocenters. The summed E-state index contributed by atoms with van der Waals surface area (Å²) in [6.45, 7) is 2.81. The number of carbonyl (C=O) groups excluding carboxylic acids is 3. The number of carbonyl (C=O) groups is 3. The number of hydrogen-bond donors (Lipinski definition) is 2. The molecule has 11 heteroatoms. The zero-order valence-electron chi connectivity index (χ0n) is 37.0. The molecular formula is C51H68N6O5. The standard InChI is InChI=1S/C51H68N6O5/c1-61-32-33-62-31-30-52-47(58)24-16-17-25-48(59)56-37-41-19-12-13-21-43(41)49-50(44-22-14-15-23-46(44)56)57(55-54-49)36-39-28-26-38(27-29-39)34-45-51(60)40-18-10-8-6-4-2-3-5-7-9-11-20-42(35-40)53-45/h12-15,19,21-23,26-29,40,42,45,53H,2-11,16-18,20,24-25,30-37H2,1H3,(H,52,58)/t40?,42?,45-/m0/s1. The summed E-state index contributed by atoms with van der Waals surface area (Å²) < 4.78 is 12.4.